The molecular weight excluding hydrogens is 486 g/mol. The second-order valence-electron chi connectivity index (χ2n) is 8.60. The molecule has 0 fully saturated rings. The van der Waals surface area contributed by atoms with Crippen LogP contribution in [0.5, 0.6) is 0 Å². The molecule has 3 rings (SSSR count). The Kier molecular flexibility index (Phi) is 12.1. The van der Waals surface area contributed by atoms with E-state index < -0.39 is 0 Å². The number of hydrogen-bond acceptors (Lipinski definition) is 11. The summed E-state index contributed by atoms with van der Waals surface area (Å²) in [5.41, 5.74) is 7.78. The number of pyridine rings is 1. The molecule has 0 bridgehead atoms. The van der Waals surface area contributed by atoms with E-state index in [2.05, 4.69) is 41.2 Å². The summed E-state index contributed by atoms with van der Waals surface area (Å²) in [7, 11) is 0. The topological polar surface area (TPSA) is 161 Å². The minimum atomic E-state index is -0.155. The number of nitrogens with one attached hydrogen (secondary N) is 4. The number of rotatable bonds is 17. The van der Waals surface area contributed by atoms with E-state index in [0.29, 0.717) is 76.0 Å². The van der Waals surface area contributed by atoms with Gasteiger partial charge < -0.3 is 36.5 Å². The van der Waals surface area contributed by atoms with Crippen molar-refractivity contribution in [1.29, 1.82) is 0 Å². The molecule has 0 aliphatic carbocycles. The molecule has 6 N–H and O–H groups in total. The van der Waals surface area contributed by atoms with Crippen molar-refractivity contribution in [2.45, 2.75) is 33.0 Å². The Hall–Kier alpha value is -3.87. The van der Waals surface area contributed by atoms with Gasteiger partial charge in [-0.3, -0.25) is 9.78 Å². The lowest BCUT2D eigenvalue weighted by molar-refractivity contribution is 0.0511. The van der Waals surface area contributed by atoms with Crippen LogP contribution in [0, 0.1) is 0 Å². The number of aromatic nitrogens is 4. The van der Waals surface area contributed by atoms with Crippen molar-refractivity contribution in [2.75, 3.05) is 55.5 Å². The standard InChI is InChI=1S/C26H37N9O3/c1-19(2)32-26-34-24(33-25(35-26)31-18-22-5-3-4-11-28-22)30-17-20-6-8-21(9-7-20)23(36)29-12-14-38-16-15-37-13-10-27/h3-9,11,19H,10,12-18,27H2,1-2H3,(H,29,36)(H3,30,31,32,33,34,35). The average Bonchev–Trinajstić information content (AvgIpc) is 2.92. The van der Waals surface area contributed by atoms with Crippen LogP contribution < -0.4 is 27.0 Å². The van der Waals surface area contributed by atoms with E-state index in [1.165, 1.54) is 0 Å². The molecule has 1 aromatic carbocycles. The predicted octanol–water partition coefficient (Wildman–Crippen LogP) is 2.03. The summed E-state index contributed by atoms with van der Waals surface area (Å²) in [6.45, 7) is 7.80. The van der Waals surface area contributed by atoms with Crippen molar-refractivity contribution in [1.82, 2.24) is 25.3 Å². The van der Waals surface area contributed by atoms with Crippen LogP contribution in [0.4, 0.5) is 17.8 Å². The van der Waals surface area contributed by atoms with Crippen LogP contribution in [0.2, 0.25) is 0 Å². The van der Waals surface area contributed by atoms with Gasteiger partial charge in [0.25, 0.3) is 5.91 Å². The lowest BCUT2D eigenvalue weighted by atomic mass is 10.1. The summed E-state index contributed by atoms with van der Waals surface area (Å²) in [5, 5.41) is 12.5. The molecule has 2 aromatic heterocycles. The Morgan fingerprint density at radius 1 is 0.868 bits per heavy atom. The maximum Gasteiger partial charge on any atom is 0.251 e. The molecule has 0 saturated carbocycles. The van der Waals surface area contributed by atoms with Crippen molar-refractivity contribution in [3.05, 3.63) is 65.5 Å². The molecule has 204 valence electrons. The average molecular weight is 524 g/mol. The minimum absolute atomic E-state index is 0.155. The van der Waals surface area contributed by atoms with Crippen LogP contribution in [0.25, 0.3) is 0 Å². The van der Waals surface area contributed by atoms with Crippen LogP contribution in [0.1, 0.15) is 35.5 Å². The number of ether oxygens (including phenoxy) is 2. The molecule has 12 nitrogen and oxygen atoms in total. The van der Waals surface area contributed by atoms with Gasteiger partial charge in [0.2, 0.25) is 17.8 Å². The highest BCUT2D eigenvalue weighted by Gasteiger charge is 2.09. The van der Waals surface area contributed by atoms with Gasteiger partial charge in [-0.1, -0.05) is 18.2 Å². The van der Waals surface area contributed by atoms with E-state index in [0.717, 1.165) is 11.3 Å². The highest BCUT2D eigenvalue weighted by Crippen LogP contribution is 2.13. The van der Waals surface area contributed by atoms with Crippen LogP contribution in [-0.4, -0.2) is 71.4 Å². The number of carbonyl (C=O) groups is 1. The molecular formula is C26H37N9O3. The quantitative estimate of drug-likeness (QED) is 0.165. The first-order valence-corrected chi connectivity index (χ1v) is 12.7. The normalized spacial score (nSPS) is 10.8. The molecule has 38 heavy (non-hydrogen) atoms. The van der Waals surface area contributed by atoms with E-state index in [-0.39, 0.29) is 11.9 Å². The van der Waals surface area contributed by atoms with Gasteiger partial charge >= 0.3 is 0 Å². The van der Waals surface area contributed by atoms with E-state index in [9.17, 15) is 4.79 Å². The van der Waals surface area contributed by atoms with Gasteiger partial charge in [0.1, 0.15) is 0 Å². The van der Waals surface area contributed by atoms with Crippen LogP contribution in [0.3, 0.4) is 0 Å². The van der Waals surface area contributed by atoms with E-state index in [1.807, 2.05) is 44.2 Å². The smallest absolute Gasteiger partial charge is 0.251 e. The van der Waals surface area contributed by atoms with Crippen molar-refractivity contribution in [3.63, 3.8) is 0 Å². The minimum Gasteiger partial charge on any atom is -0.378 e. The first kappa shape index (κ1) is 28.7. The Labute approximate surface area is 223 Å². The number of amides is 1. The van der Waals surface area contributed by atoms with Gasteiger partial charge in [0.05, 0.1) is 38.7 Å². The molecule has 0 aliphatic heterocycles. The predicted molar refractivity (Wildman–Crippen MR) is 147 cm³/mol. The number of hydrogen-bond donors (Lipinski definition) is 5. The summed E-state index contributed by atoms with van der Waals surface area (Å²) in [5.74, 6) is 1.19. The van der Waals surface area contributed by atoms with E-state index in [4.69, 9.17) is 15.2 Å². The molecule has 0 radical (unpaired) electrons. The zero-order chi connectivity index (χ0) is 27.0. The number of benzene rings is 1. The van der Waals surface area contributed by atoms with Crippen LogP contribution in [0.15, 0.2) is 48.7 Å². The molecule has 3 aromatic rings. The number of anilines is 3. The molecule has 0 unspecified atom stereocenters. The van der Waals surface area contributed by atoms with Crippen molar-refractivity contribution in [2.24, 2.45) is 5.73 Å². The summed E-state index contributed by atoms with van der Waals surface area (Å²) < 4.78 is 10.6. The van der Waals surface area contributed by atoms with Crippen LogP contribution >= 0.6 is 0 Å². The molecule has 1 amide bonds. The highest BCUT2D eigenvalue weighted by molar-refractivity contribution is 5.94. The van der Waals surface area contributed by atoms with Gasteiger partial charge in [-0.15, -0.1) is 0 Å². The lowest BCUT2D eigenvalue weighted by Gasteiger charge is -2.13. The summed E-state index contributed by atoms with van der Waals surface area (Å²) >= 11 is 0. The molecule has 0 aliphatic rings. The number of nitrogens with two attached hydrogens (primary N) is 1. The maximum atomic E-state index is 12.4. The summed E-state index contributed by atoms with van der Waals surface area (Å²) in [6.07, 6.45) is 1.75. The van der Waals surface area contributed by atoms with Gasteiger partial charge in [0.15, 0.2) is 0 Å². The third-order valence-electron chi connectivity index (χ3n) is 5.04. The zero-order valence-electron chi connectivity index (χ0n) is 21.9. The lowest BCUT2D eigenvalue weighted by Crippen LogP contribution is -2.27. The monoisotopic (exact) mass is 523 g/mol. The molecule has 12 heteroatoms. The molecule has 0 saturated heterocycles. The SMILES string of the molecule is CC(C)Nc1nc(NCc2ccc(C(=O)NCCOCCOCCN)cc2)nc(NCc2ccccn2)n1. The van der Waals surface area contributed by atoms with Crippen molar-refractivity contribution in [3.8, 4) is 0 Å². The number of carbonyl (C=O) groups excluding carboxylic acids is 1. The Morgan fingerprint density at radius 2 is 1.55 bits per heavy atom. The maximum absolute atomic E-state index is 12.4. The third kappa shape index (κ3) is 10.6. The second-order valence-corrected chi connectivity index (χ2v) is 8.60. The van der Waals surface area contributed by atoms with Crippen molar-refractivity contribution >= 4 is 23.8 Å². The number of nitrogens with zero attached hydrogens (tertiary/aromatic N) is 4. The van der Waals surface area contributed by atoms with Gasteiger partial charge in [-0.05, 0) is 43.7 Å². The first-order valence-electron chi connectivity index (χ1n) is 12.7. The fourth-order valence-electron chi connectivity index (χ4n) is 3.23. The summed E-state index contributed by atoms with van der Waals surface area (Å²) in [4.78, 5) is 30.1. The molecule has 0 atom stereocenters. The van der Waals surface area contributed by atoms with Gasteiger partial charge in [0, 0.05) is 37.4 Å². The Balaban J connectivity index is 1.49. The Bertz CT molecular complexity index is 1100. The fraction of sp³-hybridized carbons (Fsp3) is 0.423. The second kappa shape index (κ2) is 16.1. The van der Waals surface area contributed by atoms with Gasteiger partial charge in [-0.25, -0.2) is 0 Å². The van der Waals surface area contributed by atoms with Gasteiger partial charge in [-0.2, -0.15) is 15.0 Å². The summed E-state index contributed by atoms with van der Waals surface area (Å²) in [6, 6.07) is 13.2. The van der Waals surface area contributed by atoms with E-state index in [1.54, 1.807) is 18.3 Å². The first-order chi connectivity index (χ1) is 18.5. The zero-order valence-corrected chi connectivity index (χ0v) is 21.9. The largest absolute Gasteiger partial charge is 0.378 e. The van der Waals surface area contributed by atoms with Crippen molar-refractivity contribution < 1.29 is 14.3 Å². The highest BCUT2D eigenvalue weighted by atomic mass is 16.5. The molecule has 2 heterocycles. The Morgan fingerprint density at radius 3 is 2.21 bits per heavy atom. The third-order valence-corrected chi connectivity index (χ3v) is 5.04. The van der Waals surface area contributed by atoms with Crippen LogP contribution in [-0.2, 0) is 22.6 Å². The fourth-order valence-corrected chi connectivity index (χ4v) is 3.23. The van der Waals surface area contributed by atoms with E-state index >= 15 is 0 Å². The molecule has 0 spiro atoms.